The minimum absolute atomic E-state index is 0.131. The van der Waals surface area contributed by atoms with Gasteiger partial charge in [0.15, 0.2) is 0 Å². The standard InChI is InChI=1S/C12H25N3O/c1-15(2)8-4-7-14-11(16)9-12(10-13)5-3-6-12/h3-10,13H2,1-2H3,(H,14,16). The van der Waals surface area contributed by atoms with Gasteiger partial charge < -0.3 is 16.0 Å². The SMILES string of the molecule is CN(C)CCCNC(=O)CC1(CN)CCC1. The molecule has 1 rings (SSSR count). The number of hydrogen-bond acceptors (Lipinski definition) is 3. The van der Waals surface area contributed by atoms with Crippen molar-refractivity contribution in [2.75, 3.05) is 33.7 Å². The summed E-state index contributed by atoms with van der Waals surface area (Å²) in [5.41, 5.74) is 5.86. The molecule has 4 heteroatoms. The van der Waals surface area contributed by atoms with E-state index in [2.05, 4.69) is 10.2 Å². The summed E-state index contributed by atoms with van der Waals surface area (Å²) < 4.78 is 0. The van der Waals surface area contributed by atoms with Crippen LogP contribution in [0.1, 0.15) is 32.1 Å². The summed E-state index contributed by atoms with van der Waals surface area (Å²) in [5, 5.41) is 2.98. The lowest BCUT2D eigenvalue weighted by Gasteiger charge is -2.40. The summed E-state index contributed by atoms with van der Waals surface area (Å²) in [6.45, 7) is 2.44. The van der Waals surface area contributed by atoms with Crippen LogP contribution in [0.5, 0.6) is 0 Å². The van der Waals surface area contributed by atoms with Crippen molar-refractivity contribution in [2.24, 2.45) is 11.1 Å². The molecule has 4 nitrogen and oxygen atoms in total. The Bertz CT molecular complexity index is 219. The van der Waals surface area contributed by atoms with E-state index in [4.69, 9.17) is 5.73 Å². The first-order chi connectivity index (χ1) is 7.58. The van der Waals surface area contributed by atoms with Crippen molar-refractivity contribution in [3.8, 4) is 0 Å². The number of nitrogens with two attached hydrogens (primary N) is 1. The summed E-state index contributed by atoms with van der Waals surface area (Å²) in [7, 11) is 4.08. The summed E-state index contributed by atoms with van der Waals surface area (Å²) >= 11 is 0. The van der Waals surface area contributed by atoms with E-state index in [0.717, 1.165) is 32.4 Å². The van der Waals surface area contributed by atoms with Crippen LogP contribution in [0.25, 0.3) is 0 Å². The average Bonchev–Trinajstić information content (AvgIpc) is 2.18. The molecule has 0 aromatic heterocycles. The Morgan fingerprint density at radius 1 is 1.44 bits per heavy atom. The molecule has 0 aromatic carbocycles. The smallest absolute Gasteiger partial charge is 0.220 e. The third kappa shape index (κ3) is 4.10. The van der Waals surface area contributed by atoms with Gasteiger partial charge in [0.2, 0.25) is 5.91 Å². The van der Waals surface area contributed by atoms with Gasteiger partial charge in [0.05, 0.1) is 0 Å². The molecule has 0 atom stereocenters. The van der Waals surface area contributed by atoms with Crippen LogP contribution in [0.4, 0.5) is 0 Å². The van der Waals surface area contributed by atoms with Gasteiger partial charge in [-0.15, -0.1) is 0 Å². The number of hydrogen-bond donors (Lipinski definition) is 2. The summed E-state index contributed by atoms with van der Waals surface area (Å²) in [6, 6.07) is 0. The van der Waals surface area contributed by atoms with Crippen molar-refractivity contribution >= 4 is 5.91 Å². The Balaban J connectivity index is 2.11. The number of carbonyl (C=O) groups is 1. The van der Waals surface area contributed by atoms with Gasteiger partial charge >= 0.3 is 0 Å². The maximum Gasteiger partial charge on any atom is 0.220 e. The van der Waals surface area contributed by atoms with Crippen LogP contribution in [0.15, 0.2) is 0 Å². The molecule has 94 valence electrons. The topological polar surface area (TPSA) is 58.4 Å². The van der Waals surface area contributed by atoms with Gasteiger partial charge in [-0.25, -0.2) is 0 Å². The molecular formula is C12H25N3O. The van der Waals surface area contributed by atoms with E-state index in [1.807, 2.05) is 14.1 Å². The molecule has 0 aliphatic heterocycles. The lowest BCUT2D eigenvalue weighted by Crippen LogP contribution is -2.42. The zero-order valence-electron chi connectivity index (χ0n) is 10.6. The normalized spacial score (nSPS) is 18.2. The summed E-state index contributed by atoms with van der Waals surface area (Å²) in [6.07, 6.45) is 5.09. The van der Waals surface area contributed by atoms with E-state index < -0.39 is 0 Å². The fourth-order valence-electron chi connectivity index (χ4n) is 2.16. The molecule has 0 spiro atoms. The van der Waals surface area contributed by atoms with Crippen molar-refractivity contribution < 1.29 is 4.79 Å². The van der Waals surface area contributed by atoms with Crippen molar-refractivity contribution in [1.82, 2.24) is 10.2 Å². The predicted octanol–water partition coefficient (Wildman–Crippen LogP) is 0.573. The van der Waals surface area contributed by atoms with Crippen molar-refractivity contribution in [3.63, 3.8) is 0 Å². The van der Waals surface area contributed by atoms with E-state index in [0.29, 0.717) is 13.0 Å². The molecule has 0 bridgehead atoms. The molecule has 16 heavy (non-hydrogen) atoms. The number of rotatable bonds is 7. The van der Waals surface area contributed by atoms with E-state index >= 15 is 0 Å². The zero-order valence-corrected chi connectivity index (χ0v) is 10.6. The van der Waals surface area contributed by atoms with Gasteiger partial charge in [0, 0.05) is 13.0 Å². The zero-order chi connectivity index (χ0) is 12.0. The first-order valence-electron chi connectivity index (χ1n) is 6.19. The number of nitrogens with one attached hydrogen (secondary N) is 1. The Kier molecular flexibility index (Phi) is 5.22. The van der Waals surface area contributed by atoms with Crippen molar-refractivity contribution in [2.45, 2.75) is 32.1 Å². The van der Waals surface area contributed by atoms with Gasteiger partial charge in [-0.1, -0.05) is 6.42 Å². The fraction of sp³-hybridized carbons (Fsp3) is 0.917. The Morgan fingerprint density at radius 3 is 2.56 bits per heavy atom. The highest BCUT2D eigenvalue weighted by atomic mass is 16.1. The van der Waals surface area contributed by atoms with Crippen LogP contribution in [0.2, 0.25) is 0 Å². The van der Waals surface area contributed by atoms with Gasteiger partial charge in [-0.05, 0) is 51.9 Å². The van der Waals surface area contributed by atoms with Crippen molar-refractivity contribution in [1.29, 1.82) is 0 Å². The highest BCUT2D eigenvalue weighted by Crippen LogP contribution is 2.42. The lowest BCUT2D eigenvalue weighted by molar-refractivity contribution is -0.124. The molecule has 0 heterocycles. The molecule has 0 aromatic rings. The minimum Gasteiger partial charge on any atom is -0.356 e. The minimum atomic E-state index is 0.131. The molecule has 1 aliphatic carbocycles. The molecule has 0 saturated heterocycles. The average molecular weight is 227 g/mol. The molecule has 1 amide bonds. The van der Waals surface area contributed by atoms with Crippen LogP contribution >= 0.6 is 0 Å². The van der Waals surface area contributed by atoms with E-state index in [9.17, 15) is 4.79 Å². The fourth-order valence-corrected chi connectivity index (χ4v) is 2.16. The maximum atomic E-state index is 11.7. The summed E-state index contributed by atoms with van der Waals surface area (Å²) in [4.78, 5) is 13.8. The molecular weight excluding hydrogens is 202 g/mol. The molecule has 0 unspecified atom stereocenters. The van der Waals surface area contributed by atoms with E-state index in [1.165, 1.54) is 6.42 Å². The van der Waals surface area contributed by atoms with Gasteiger partial charge in [-0.3, -0.25) is 4.79 Å². The third-order valence-electron chi connectivity index (χ3n) is 3.49. The second kappa shape index (κ2) is 6.21. The van der Waals surface area contributed by atoms with Gasteiger partial charge in [0.1, 0.15) is 0 Å². The highest BCUT2D eigenvalue weighted by molar-refractivity contribution is 5.76. The Morgan fingerprint density at radius 2 is 2.12 bits per heavy atom. The van der Waals surface area contributed by atoms with Gasteiger partial charge in [0.25, 0.3) is 0 Å². The Labute approximate surface area is 98.6 Å². The largest absolute Gasteiger partial charge is 0.356 e. The lowest BCUT2D eigenvalue weighted by atomic mass is 9.66. The first kappa shape index (κ1) is 13.5. The predicted molar refractivity (Wildman–Crippen MR) is 66.1 cm³/mol. The Hall–Kier alpha value is -0.610. The van der Waals surface area contributed by atoms with E-state index in [-0.39, 0.29) is 11.3 Å². The highest BCUT2D eigenvalue weighted by Gasteiger charge is 2.37. The summed E-state index contributed by atoms with van der Waals surface area (Å²) in [5.74, 6) is 0.170. The number of nitrogens with zero attached hydrogens (tertiary/aromatic N) is 1. The van der Waals surface area contributed by atoms with E-state index in [1.54, 1.807) is 0 Å². The first-order valence-corrected chi connectivity index (χ1v) is 6.19. The number of amides is 1. The molecule has 0 radical (unpaired) electrons. The van der Waals surface area contributed by atoms with Crippen LogP contribution in [-0.2, 0) is 4.79 Å². The van der Waals surface area contributed by atoms with Gasteiger partial charge in [-0.2, -0.15) is 0 Å². The third-order valence-corrected chi connectivity index (χ3v) is 3.49. The maximum absolute atomic E-state index is 11.7. The monoisotopic (exact) mass is 227 g/mol. The quantitative estimate of drug-likeness (QED) is 0.625. The second-order valence-electron chi connectivity index (χ2n) is 5.24. The second-order valence-corrected chi connectivity index (χ2v) is 5.24. The molecule has 1 saturated carbocycles. The number of carbonyl (C=O) groups excluding carboxylic acids is 1. The molecule has 3 N–H and O–H groups in total. The van der Waals surface area contributed by atoms with Crippen LogP contribution in [0.3, 0.4) is 0 Å². The van der Waals surface area contributed by atoms with Crippen LogP contribution in [-0.4, -0.2) is 44.5 Å². The van der Waals surface area contributed by atoms with Crippen molar-refractivity contribution in [3.05, 3.63) is 0 Å². The van der Waals surface area contributed by atoms with Crippen LogP contribution < -0.4 is 11.1 Å². The molecule has 1 aliphatic rings. The molecule has 1 fully saturated rings. The van der Waals surface area contributed by atoms with Crippen LogP contribution in [0, 0.1) is 5.41 Å².